The van der Waals surface area contributed by atoms with E-state index in [4.69, 9.17) is 4.42 Å². The molecule has 0 aliphatic carbocycles. The SMILES string of the molecule is Cc1ccc(C2/C(=C(\O)c3cccc([N+](=O)[O-])c3)C(=O)C(=O)N2c2nc3ccccc3[nH]2)o1. The quantitative estimate of drug-likeness (QED) is 0.159. The van der Waals surface area contributed by atoms with Gasteiger partial charge in [-0.3, -0.25) is 24.6 Å². The minimum absolute atomic E-state index is 0.0279. The molecule has 2 aromatic carbocycles. The molecule has 1 aliphatic heterocycles. The van der Waals surface area contributed by atoms with Gasteiger partial charge >= 0.3 is 5.91 Å². The van der Waals surface area contributed by atoms with Gasteiger partial charge in [0.15, 0.2) is 0 Å². The number of imidazole rings is 1. The molecule has 1 amide bonds. The van der Waals surface area contributed by atoms with Gasteiger partial charge in [-0.15, -0.1) is 0 Å². The first-order chi connectivity index (χ1) is 15.8. The number of carbonyl (C=O) groups is 2. The Kier molecular flexibility index (Phi) is 4.56. The maximum atomic E-state index is 13.1. The molecule has 3 heterocycles. The largest absolute Gasteiger partial charge is 0.507 e. The van der Waals surface area contributed by atoms with Gasteiger partial charge in [0.25, 0.3) is 11.5 Å². The van der Waals surface area contributed by atoms with Crippen molar-refractivity contribution in [2.45, 2.75) is 13.0 Å². The number of amides is 1. The first-order valence-electron chi connectivity index (χ1n) is 9.92. The lowest BCUT2D eigenvalue weighted by Crippen LogP contribution is -2.30. The molecule has 1 aliphatic rings. The second-order valence-corrected chi connectivity index (χ2v) is 7.50. The van der Waals surface area contributed by atoms with Gasteiger partial charge in [0.1, 0.15) is 23.3 Å². The van der Waals surface area contributed by atoms with E-state index < -0.39 is 28.4 Å². The number of anilines is 1. The molecule has 1 unspecified atom stereocenters. The number of hydrogen-bond acceptors (Lipinski definition) is 7. The maximum Gasteiger partial charge on any atom is 0.302 e. The van der Waals surface area contributed by atoms with Crippen LogP contribution in [0.2, 0.25) is 0 Å². The van der Waals surface area contributed by atoms with Crippen molar-refractivity contribution in [2.24, 2.45) is 0 Å². The molecule has 2 aromatic heterocycles. The number of carbonyl (C=O) groups excluding carboxylic acids is 2. The number of aromatic nitrogens is 2. The van der Waals surface area contributed by atoms with Crippen molar-refractivity contribution in [2.75, 3.05) is 4.90 Å². The van der Waals surface area contributed by atoms with Crippen LogP contribution in [0.15, 0.2) is 70.7 Å². The molecule has 2 N–H and O–H groups in total. The Labute approximate surface area is 185 Å². The van der Waals surface area contributed by atoms with Crippen LogP contribution in [-0.4, -0.2) is 31.7 Å². The Hall–Kier alpha value is -4.73. The minimum Gasteiger partial charge on any atom is -0.507 e. The molecule has 1 fully saturated rings. The number of H-pyrrole nitrogens is 1. The van der Waals surface area contributed by atoms with Gasteiger partial charge in [-0.05, 0) is 31.2 Å². The lowest BCUT2D eigenvalue weighted by molar-refractivity contribution is -0.384. The summed E-state index contributed by atoms with van der Waals surface area (Å²) in [6, 6.07) is 14.5. The van der Waals surface area contributed by atoms with E-state index in [2.05, 4.69) is 9.97 Å². The number of nitro benzene ring substituents is 1. The second kappa shape index (κ2) is 7.45. The van der Waals surface area contributed by atoms with Crippen molar-refractivity contribution in [1.82, 2.24) is 9.97 Å². The number of aliphatic hydroxyl groups is 1. The highest BCUT2D eigenvalue weighted by Gasteiger charge is 2.49. The van der Waals surface area contributed by atoms with E-state index in [-0.39, 0.29) is 28.5 Å². The fourth-order valence-corrected chi connectivity index (χ4v) is 3.90. The molecule has 10 heteroatoms. The molecule has 5 rings (SSSR count). The van der Waals surface area contributed by atoms with Crippen molar-refractivity contribution < 1.29 is 24.0 Å². The van der Waals surface area contributed by atoms with Crippen LogP contribution in [0.5, 0.6) is 0 Å². The molecule has 4 aromatic rings. The van der Waals surface area contributed by atoms with E-state index in [1.54, 1.807) is 43.3 Å². The number of ketones is 1. The Morgan fingerprint density at radius 1 is 1.15 bits per heavy atom. The van der Waals surface area contributed by atoms with E-state index in [0.29, 0.717) is 16.8 Å². The number of furan rings is 1. The molecule has 33 heavy (non-hydrogen) atoms. The summed E-state index contributed by atoms with van der Waals surface area (Å²) < 4.78 is 5.73. The number of aliphatic hydroxyl groups excluding tert-OH is 1. The normalized spacial score (nSPS) is 17.7. The predicted molar refractivity (Wildman–Crippen MR) is 117 cm³/mol. The summed E-state index contributed by atoms with van der Waals surface area (Å²) in [7, 11) is 0. The molecule has 0 saturated carbocycles. The molecule has 1 atom stereocenters. The zero-order valence-electron chi connectivity index (χ0n) is 17.2. The van der Waals surface area contributed by atoms with Crippen LogP contribution in [0.4, 0.5) is 11.6 Å². The zero-order valence-corrected chi connectivity index (χ0v) is 17.2. The second-order valence-electron chi connectivity index (χ2n) is 7.50. The van der Waals surface area contributed by atoms with Gasteiger partial charge in [-0.2, -0.15) is 0 Å². The molecular formula is C23H16N4O6. The fourth-order valence-electron chi connectivity index (χ4n) is 3.90. The van der Waals surface area contributed by atoms with Crippen molar-refractivity contribution in [3.8, 4) is 0 Å². The van der Waals surface area contributed by atoms with Crippen LogP contribution in [0.1, 0.15) is 23.1 Å². The third-order valence-electron chi connectivity index (χ3n) is 5.41. The number of nitro groups is 1. The van der Waals surface area contributed by atoms with Gasteiger partial charge < -0.3 is 14.5 Å². The Morgan fingerprint density at radius 2 is 1.94 bits per heavy atom. The van der Waals surface area contributed by atoms with E-state index in [0.717, 1.165) is 11.0 Å². The number of aromatic amines is 1. The standard InChI is InChI=1S/C23H16N4O6/c1-12-9-10-17(33-12)19-18(20(28)13-5-4-6-14(11-13)27(31)32)21(29)22(30)26(19)23-24-15-7-2-3-8-16(15)25-23/h2-11,19,28H,1H3,(H,24,25)/b20-18+. The van der Waals surface area contributed by atoms with E-state index in [1.807, 2.05) is 0 Å². The monoisotopic (exact) mass is 444 g/mol. The number of rotatable bonds is 4. The van der Waals surface area contributed by atoms with Gasteiger partial charge in [0, 0.05) is 17.7 Å². The average Bonchev–Trinajstić information content (AvgIpc) is 3.49. The predicted octanol–water partition coefficient (Wildman–Crippen LogP) is 4.00. The van der Waals surface area contributed by atoms with Crippen molar-refractivity contribution in [1.29, 1.82) is 0 Å². The molecule has 0 radical (unpaired) electrons. The average molecular weight is 444 g/mol. The number of aryl methyl sites for hydroxylation is 1. The minimum atomic E-state index is -1.13. The highest BCUT2D eigenvalue weighted by atomic mass is 16.6. The first kappa shape index (κ1) is 20.2. The molecule has 10 nitrogen and oxygen atoms in total. The number of para-hydroxylation sites is 2. The zero-order chi connectivity index (χ0) is 23.3. The van der Waals surface area contributed by atoms with Crippen molar-refractivity contribution in [3.63, 3.8) is 0 Å². The van der Waals surface area contributed by atoms with Gasteiger partial charge in [0.2, 0.25) is 5.95 Å². The number of nitrogens with zero attached hydrogens (tertiary/aromatic N) is 3. The molecular weight excluding hydrogens is 428 g/mol. The summed E-state index contributed by atoms with van der Waals surface area (Å²) in [5.41, 5.74) is 0.747. The number of benzene rings is 2. The van der Waals surface area contributed by atoms with Crippen LogP contribution in [0.25, 0.3) is 16.8 Å². The highest BCUT2D eigenvalue weighted by Crippen LogP contribution is 2.42. The first-order valence-corrected chi connectivity index (χ1v) is 9.92. The summed E-state index contributed by atoms with van der Waals surface area (Å²) in [6.07, 6.45) is 0. The van der Waals surface area contributed by atoms with Crippen LogP contribution in [0, 0.1) is 17.0 Å². The van der Waals surface area contributed by atoms with Crippen LogP contribution in [0.3, 0.4) is 0 Å². The number of nitrogens with one attached hydrogen (secondary N) is 1. The number of Topliss-reactive ketones (excluding diaryl/α,β-unsaturated/α-hetero) is 1. The lowest BCUT2D eigenvalue weighted by atomic mass is 9.99. The Balaban J connectivity index is 1.72. The highest BCUT2D eigenvalue weighted by molar-refractivity contribution is 6.51. The van der Waals surface area contributed by atoms with Crippen molar-refractivity contribution >= 4 is 40.1 Å². The van der Waals surface area contributed by atoms with Gasteiger partial charge in [0.05, 0.1) is 21.5 Å². The summed E-state index contributed by atoms with van der Waals surface area (Å²) >= 11 is 0. The summed E-state index contributed by atoms with van der Waals surface area (Å²) in [5.74, 6) is -1.54. The number of hydrogen-bond donors (Lipinski definition) is 2. The van der Waals surface area contributed by atoms with Crippen LogP contribution < -0.4 is 4.90 Å². The summed E-state index contributed by atoms with van der Waals surface area (Å²) in [4.78, 5) is 45.4. The van der Waals surface area contributed by atoms with Crippen LogP contribution in [-0.2, 0) is 9.59 Å². The van der Waals surface area contributed by atoms with Crippen LogP contribution >= 0.6 is 0 Å². The lowest BCUT2D eigenvalue weighted by Gasteiger charge is -2.20. The number of fused-ring (bicyclic) bond motifs is 1. The Bertz CT molecular complexity index is 1450. The third kappa shape index (κ3) is 3.24. The van der Waals surface area contributed by atoms with E-state index >= 15 is 0 Å². The third-order valence-corrected chi connectivity index (χ3v) is 5.41. The van der Waals surface area contributed by atoms with E-state index in [9.17, 15) is 24.8 Å². The molecule has 0 bridgehead atoms. The topological polar surface area (TPSA) is 143 Å². The fraction of sp³-hybridized carbons (Fsp3) is 0.0870. The number of non-ortho nitro benzene ring substituents is 1. The van der Waals surface area contributed by atoms with Crippen molar-refractivity contribution in [3.05, 3.63) is 93.4 Å². The Morgan fingerprint density at radius 3 is 2.64 bits per heavy atom. The molecule has 1 saturated heterocycles. The van der Waals surface area contributed by atoms with Gasteiger partial charge in [-0.25, -0.2) is 4.98 Å². The molecule has 164 valence electrons. The summed E-state index contributed by atoms with van der Waals surface area (Å²) in [5, 5.41) is 22.2. The van der Waals surface area contributed by atoms with E-state index in [1.165, 1.54) is 18.2 Å². The van der Waals surface area contributed by atoms with Gasteiger partial charge in [-0.1, -0.05) is 24.3 Å². The maximum absolute atomic E-state index is 13.1. The molecule has 0 spiro atoms. The smallest absolute Gasteiger partial charge is 0.302 e. The summed E-state index contributed by atoms with van der Waals surface area (Å²) in [6.45, 7) is 1.71.